The van der Waals surface area contributed by atoms with E-state index in [9.17, 15) is 0 Å². The maximum atomic E-state index is 6.05. The van der Waals surface area contributed by atoms with E-state index in [1.54, 1.807) is 0 Å². The maximum absolute atomic E-state index is 6.05. The third kappa shape index (κ3) is 2.23. The molecular formula is C15H26N2O2. The molecule has 4 fully saturated rings. The first-order valence-electron chi connectivity index (χ1n) is 7.97. The van der Waals surface area contributed by atoms with Gasteiger partial charge in [0.1, 0.15) is 0 Å². The van der Waals surface area contributed by atoms with Gasteiger partial charge in [-0.15, -0.1) is 0 Å². The number of fused-ring (bicyclic) bond motifs is 1. The molecule has 4 nitrogen and oxygen atoms in total. The lowest BCUT2D eigenvalue weighted by Gasteiger charge is -2.42. The van der Waals surface area contributed by atoms with Crippen LogP contribution in [0, 0.1) is 23.7 Å². The van der Waals surface area contributed by atoms with Crippen LogP contribution < -0.4 is 11.3 Å². The van der Waals surface area contributed by atoms with Gasteiger partial charge in [-0.25, -0.2) is 0 Å². The predicted octanol–water partition coefficient (Wildman–Crippen LogP) is 1.45. The number of ether oxygens (including phenoxy) is 2. The first kappa shape index (κ1) is 12.6. The van der Waals surface area contributed by atoms with Gasteiger partial charge in [-0.3, -0.25) is 11.3 Å². The van der Waals surface area contributed by atoms with Gasteiger partial charge < -0.3 is 9.47 Å². The fourth-order valence-electron chi connectivity index (χ4n) is 4.95. The number of rotatable bonds is 3. The molecule has 2 aliphatic carbocycles. The summed E-state index contributed by atoms with van der Waals surface area (Å²) in [7, 11) is 0. The van der Waals surface area contributed by atoms with Crippen LogP contribution in [-0.4, -0.2) is 31.5 Å². The van der Waals surface area contributed by atoms with Crippen molar-refractivity contribution in [2.75, 3.05) is 19.8 Å². The van der Waals surface area contributed by atoms with E-state index in [4.69, 9.17) is 15.3 Å². The summed E-state index contributed by atoms with van der Waals surface area (Å²) in [5.74, 6) is 9.44. The van der Waals surface area contributed by atoms with Crippen molar-refractivity contribution in [3.05, 3.63) is 0 Å². The smallest absolute Gasteiger partial charge is 0.0939 e. The summed E-state index contributed by atoms with van der Waals surface area (Å²) >= 11 is 0. The minimum atomic E-state index is 0.0134. The molecule has 0 radical (unpaired) electrons. The fraction of sp³-hybridized carbons (Fsp3) is 1.00. The highest BCUT2D eigenvalue weighted by molar-refractivity contribution is 5.02. The molecule has 1 spiro atoms. The Morgan fingerprint density at radius 1 is 1.11 bits per heavy atom. The summed E-state index contributed by atoms with van der Waals surface area (Å²) in [6, 6.07) is 0.495. The van der Waals surface area contributed by atoms with Gasteiger partial charge in [0.15, 0.2) is 0 Å². The van der Waals surface area contributed by atoms with Crippen molar-refractivity contribution in [3.63, 3.8) is 0 Å². The molecule has 2 aliphatic heterocycles. The number of nitrogens with two attached hydrogens (primary N) is 1. The second-order valence-electron chi connectivity index (χ2n) is 7.27. The highest BCUT2D eigenvalue weighted by Gasteiger charge is 2.50. The van der Waals surface area contributed by atoms with Crippen molar-refractivity contribution < 1.29 is 9.47 Å². The van der Waals surface area contributed by atoms with Crippen LogP contribution in [0.4, 0.5) is 0 Å². The van der Waals surface area contributed by atoms with Crippen LogP contribution in [-0.2, 0) is 9.47 Å². The number of hydrazine groups is 1. The number of nitrogens with one attached hydrogen (secondary N) is 1. The van der Waals surface area contributed by atoms with Crippen LogP contribution in [0.3, 0.4) is 0 Å². The summed E-state index contributed by atoms with van der Waals surface area (Å²) < 4.78 is 11.6. The first-order valence-corrected chi connectivity index (χ1v) is 7.97. The molecule has 0 bridgehead atoms. The zero-order valence-electron chi connectivity index (χ0n) is 11.6. The molecule has 0 aromatic carbocycles. The Bertz CT molecular complexity index is 333. The van der Waals surface area contributed by atoms with E-state index in [1.807, 2.05) is 0 Å². The van der Waals surface area contributed by atoms with Crippen molar-refractivity contribution in [2.45, 2.75) is 50.2 Å². The highest BCUT2D eigenvalue weighted by Crippen LogP contribution is 2.56. The monoisotopic (exact) mass is 266 g/mol. The van der Waals surface area contributed by atoms with Crippen LogP contribution >= 0.6 is 0 Å². The lowest BCUT2D eigenvalue weighted by atomic mass is 9.76. The topological polar surface area (TPSA) is 56.5 Å². The molecular weight excluding hydrogens is 240 g/mol. The van der Waals surface area contributed by atoms with E-state index in [-0.39, 0.29) is 5.60 Å². The number of hydrogen-bond donors (Lipinski definition) is 2. The third-order valence-corrected chi connectivity index (χ3v) is 6.09. The van der Waals surface area contributed by atoms with Crippen LogP contribution in [0.25, 0.3) is 0 Å². The quantitative estimate of drug-likeness (QED) is 0.599. The molecule has 2 heterocycles. The average Bonchev–Trinajstić information content (AvgIpc) is 2.84. The molecule has 5 unspecified atom stereocenters. The zero-order chi connectivity index (χ0) is 12.9. The van der Waals surface area contributed by atoms with Crippen molar-refractivity contribution in [1.29, 1.82) is 0 Å². The molecule has 0 amide bonds. The van der Waals surface area contributed by atoms with Gasteiger partial charge in [0.25, 0.3) is 0 Å². The first-order chi connectivity index (χ1) is 9.30. The molecule has 2 saturated carbocycles. The molecule has 0 aromatic rings. The minimum Gasteiger partial charge on any atom is -0.378 e. The maximum Gasteiger partial charge on any atom is 0.0939 e. The van der Waals surface area contributed by atoms with Crippen molar-refractivity contribution in [2.24, 2.45) is 29.5 Å². The Morgan fingerprint density at radius 3 is 2.63 bits per heavy atom. The van der Waals surface area contributed by atoms with E-state index in [1.165, 1.54) is 19.3 Å². The Hall–Kier alpha value is -0.160. The Morgan fingerprint density at radius 2 is 1.95 bits per heavy atom. The fourth-order valence-corrected chi connectivity index (χ4v) is 4.95. The molecule has 4 rings (SSSR count). The van der Waals surface area contributed by atoms with Crippen LogP contribution in [0.2, 0.25) is 0 Å². The zero-order valence-corrected chi connectivity index (χ0v) is 11.6. The van der Waals surface area contributed by atoms with Gasteiger partial charge in [0, 0.05) is 25.7 Å². The van der Waals surface area contributed by atoms with Crippen LogP contribution in [0.5, 0.6) is 0 Å². The summed E-state index contributed by atoms with van der Waals surface area (Å²) in [6.45, 7) is 2.53. The van der Waals surface area contributed by atoms with Gasteiger partial charge in [0.05, 0.1) is 12.2 Å². The third-order valence-electron chi connectivity index (χ3n) is 6.09. The molecule has 0 aromatic heterocycles. The van der Waals surface area contributed by atoms with E-state index in [2.05, 4.69) is 5.43 Å². The Kier molecular flexibility index (Phi) is 3.10. The highest BCUT2D eigenvalue weighted by atomic mass is 16.6. The summed E-state index contributed by atoms with van der Waals surface area (Å²) in [5.41, 5.74) is 3.18. The molecule has 19 heavy (non-hydrogen) atoms. The van der Waals surface area contributed by atoms with Crippen molar-refractivity contribution >= 4 is 0 Å². The lowest BCUT2D eigenvalue weighted by molar-refractivity contribution is -0.106. The molecule has 4 heteroatoms. The van der Waals surface area contributed by atoms with Gasteiger partial charge >= 0.3 is 0 Å². The lowest BCUT2D eigenvalue weighted by Crippen LogP contribution is -2.51. The second-order valence-corrected chi connectivity index (χ2v) is 7.27. The van der Waals surface area contributed by atoms with E-state index in [0.29, 0.717) is 12.0 Å². The number of hydrogen-bond acceptors (Lipinski definition) is 4. The molecule has 4 aliphatic rings. The van der Waals surface area contributed by atoms with Crippen LogP contribution in [0.1, 0.15) is 38.5 Å². The molecule has 108 valence electrons. The molecule has 5 atom stereocenters. The van der Waals surface area contributed by atoms with E-state index >= 15 is 0 Å². The van der Waals surface area contributed by atoms with Gasteiger partial charge in [-0.05, 0) is 55.8 Å². The normalized spacial score (nSPS) is 50.4. The largest absolute Gasteiger partial charge is 0.378 e. The Labute approximate surface area is 115 Å². The summed E-state index contributed by atoms with van der Waals surface area (Å²) in [4.78, 5) is 0. The second kappa shape index (κ2) is 4.69. The van der Waals surface area contributed by atoms with Gasteiger partial charge in [0.2, 0.25) is 0 Å². The standard InChI is InChI=1S/C15H26N2O2/c16-17-14(13-6-11-5-12(11)7-13)10-1-3-19-15(8-10)2-4-18-9-15/h10-14,17H,1-9,16H2. The summed E-state index contributed by atoms with van der Waals surface area (Å²) in [5, 5.41) is 0. The average molecular weight is 266 g/mol. The van der Waals surface area contributed by atoms with Crippen molar-refractivity contribution in [3.8, 4) is 0 Å². The minimum absolute atomic E-state index is 0.0134. The van der Waals surface area contributed by atoms with Crippen LogP contribution in [0.15, 0.2) is 0 Å². The summed E-state index contributed by atoms with van der Waals surface area (Å²) in [6.07, 6.45) is 7.65. The SMILES string of the molecule is NNC(C1CC2CC2C1)C1CCOC2(CCOC2)C1. The van der Waals surface area contributed by atoms with E-state index in [0.717, 1.165) is 56.8 Å². The van der Waals surface area contributed by atoms with Gasteiger partial charge in [-0.2, -0.15) is 0 Å². The molecule has 3 N–H and O–H groups in total. The van der Waals surface area contributed by atoms with Gasteiger partial charge in [-0.1, -0.05) is 0 Å². The van der Waals surface area contributed by atoms with E-state index < -0.39 is 0 Å². The Balaban J connectivity index is 1.44. The molecule has 2 saturated heterocycles. The van der Waals surface area contributed by atoms with Crippen molar-refractivity contribution in [1.82, 2.24) is 5.43 Å². The predicted molar refractivity (Wildman–Crippen MR) is 72.3 cm³/mol.